The van der Waals surface area contributed by atoms with Crippen LogP contribution in [0.2, 0.25) is 0 Å². The van der Waals surface area contributed by atoms with Gasteiger partial charge in [-0.25, -0.2) is 4.98 Å². The number of hydrogen-bond acceptors (Lipinski definition) is 8. The van der Waals surface area contributed by atoms with Gasteiger partial charge in [-0.2, -0.15) is 8.78 Å². The molecule has 0 radical (unpaired) electrons. The van der Waals surface area contributed by atoms with Gasteiger partial charge in [-0.15, -0.1) is 0 Å². The highest BCUT2D eigenvalue weighted by atomic mass is 19.3. The minimum Gasteiger partial charge on any atom is -0.489 e. The van der Waals surface area contributed by atoms with Crippen LogP contribution >= 0.6 is 0 Å². The Morgan fingerprint density at radius 1 is 1.29 bits per heavy atom. The molecule has 34 heavy (non-hydrogen) atoms. The zero-order valence-electron chi connectivity index (χ0n) is 19.3. The quantitative estimate of drug-likeness (QED) is 0.554. The molecule has 9 nitrogen and oxygen atoms in total. The van der Waals surface area contributed by atoms with Gasteiger partial charge in [-0.3, -0.25) is 9.69 Å². The van der Waals surface area contributed by atoms with E-state index in [2.05, 4.69) is 14.6 Å². The monoisotopic (exact) mass is 480 g/mol. The van der Waals surface area contributed by atoms with E-state index < -0.39 is 6.61 Å². The lowest BCUT2D eigenvalue weighted by atomic mass is 10.2. The summed E-state index contributed by atoms with van der Waals surface area (Å²) in [6, 6.07) is 4.58. The van der Waals surface area contributed by atoms with Crippen LogP contribution < -0.4 is 15.2 Å². The van der Waals surface area contributed by atoms with Crippen molar-refractivity contribution in [3.05, 3.63) is 29.7 Å². The summed E-state index contributed by atoms with van der Waals surface area (Å²) in [5.41, 5.74) is 6.46. The molecule has 1 aliphatic carbocycles. The van der Waals surface area contributed by atoms with Gasteiger partial charge >= 0.3 is 6.61 Å². The third-order valence-corrected chi connectivity index (χ3v) is 6.01. The smallest absolute Gasteiger partial charge is 0.387 e. The molecule has 2 N–H and O–H groups in total. The normalized spacial score (nSPS) is 19.0. The number of halogens is 2. The molecular weight excluding hydrogens is 450 g/mol. The first-order chi connectivity index (χ1) is 16.4. The molecule has 1 atom stereocenters. The van der Waals surface area contributed by atoms with Crippen molar-refractivity contribution in [2.45, 2.75) is 39.0 Å². The number of carbonyl (C=O) groups excluding carboxylic acids is 1. The number of rotatable bonds is 10. The number of piperazine rings is 1. The molecule has 4 rings (SSSR count). The zero-order chi connectivity index (χ0) is 24.2. The molecule has 1 amide bonds. The van der Waals surface area contributed by atoms with Crippen molar-refractivity contribution >= 4 is 5.91 Å². The standard InChI is InChI=1S/C23H30F2N4O5/c1-14-11-28(7-8-29(14)13-31-2)22(30)20-19(10-26)33-21(27-20)16-5-6-17(34-23(24)25)18(9-16)32-12-15-3-4-15/h5-6,9,14-15,23H,3-4,7-8,10-13,26H2,1-2H3/t14-/m1/s1. The number of nitrogens with zero attached hydrogens (tertiary/aromatic N) is 3. The molecule has 1 aromatic heterocycles. The van der Waals surface area contributed by atoms with Crippen molar-refractivity contribution in [1.82, 2.24) is 14.8 Å². The lowest BCUT2D eigenvalue weighted by Crippen LogP contribution is -2.54. The number of amides is 1. The summed E-state index contributed by atoms with van der Waals surface area (Å²) in [4.78, 5) is 21.5. The Morgan fingerprint density at radius 2 is 2.09 bits per heavy atom. The van der Waals surface area contributed by atoms with Gasteiger partial charge in [0.2, 0.25) is 5.89 Å². The predicted octanol–water partition coefficient (Wildman–Crippen LogP) is 2.94. The maximum atomic E-state index is 13.2. The van der Waals surface area contributed by atoms with E-state index in [9.17, 15) is 13.6 Å². The van der Waals surface area contributed by atoms with Gasteiger partial charge in [0.15, 0.2) is 23.0 Å². The van der Waals surface area contributed by atoms with Crippen LogP contribution in [0, 0.1) is 5.92 Å². The average Bonchev–Trinajstić information content (AvgIpc) is 3.55. The second-order valence-electron chi connectivity index (χ2n) is 8.62. The molecule has 1 saturated carbocycles. The Bertz CT molecular complexity index is 998. The van der Waals surface area contributed by atoms with Gasteiger partial charge in [-0.05, 0) is 43.9 Å². The largest absolute Gasteiger partial charge is 0.489 e. The number of oxazole rings is 1. The first-order valence-corrected chi connectivity index (χ1v) is 11.3. The van der Waals surface area contributed by atoms with Crippen LogP contribution in [0.3, 0.4) is 0 Å². The van der Waals surface area contributed by atoms with Crippen molar-refractivity contribution in [1.29, 1.82) is 0 Å². The summed E-state index contributed by atoms with van der Waals surface area (Å²) in [5.74, 6) is 0.694. The summed E-state index contributed by atoms with van der Waals surface area (Å²) in [6.07, 6.45) is 2.10. The number of carbonyl (C=O) groups is 1. The van der Waals surface area contributed by atoms with Gasteiger partial charge in [0, 0.05) is 38.3 Å². The molecule has 2 fully saturated rings. The van der Waals surface area contributed by atoms with Crippen LogP contribution in [-0.2, 0) is 11.3 Å². The maximum Gasteiger partial charge on any atom is 0.387 e. The third kappa shape index (κ3) is 5.65. The minimum atomic E-state index is -2.98. The first kappa shape index (κ1) is 24.4. The highest BCUT2D eigenvalue weighted by Crippen LogP contribution is 2.36. The van der Waals surface area contributed by atoms with Crippen molar-refractivity contribution < 1.29 is 32.2 Å². The Balaban J connectivity index is 1.55. The van der Waals surface area contributed by atoms with Crippen LogP contribution in [0.1, 0.15) is 36.0 Å². The molecule has 1 aromatic carbocycles. The molecule has 2 aliphatic rings. The highest BCUT2D eigenvalue weighted by Gasteiger charge is 2.31. The highest BCUT2D eigenvalue weighted by molar-refractivity contribution is 5.94. The zero-order valence-corrected chi connectivity index (χ0v) is 19.3. The molecule has 0 spiro atoms. The van der Waals surface area contributed by atoms with E-state index in [0.29, 0.717) is 44.5 Å². The second kappa shape index (κ2) is 10.7. The van der Waals surface area contributed by atoms with Gasteiger partial charge in [0.25, 0.3) is 5.91 Å². The fourth-order valence-electron chi connectivity index (χ4n) is 3.91. The van der Waals surface area contributed by atoms with Crippen LogP contribution in [-0.4, -0.2) is 73.4 Å². The van der Waals surface area contributed by atoms with Crippen LogP contribution in [0.4, 0.5) is 8.78 Å². The first-order valence-electron chi connectivity index (χ1n) is 11.3. The molecular formula is C23H30F2N4O5. The van der Waals surface area contributed by atoms with Gasteiger partial charge < -0.3 is 29.3 Å². The third-order valence-electron chi connectivity index (χ3n) is 6.01. The summed E-state index contributed by atoms with van der Waals surface area (Å²) in [5, 5.41) is 0. The van der Waals surface area contributed by atoms with E-state index in [-0.39, 0.29) is 47.3 Å². The van der Waals surface area contributed by atoms with Crippen LogP contribution in [0.25, 0.3) is 11.5 Å². The van der Waals surface area contributed by atoms with E-state index in [4.69, 9.17) is 19.6 Å². The van der Waals surface area contributed by atoms with Crippen LogP contribution in [0.5, 0.6) is 11.5 Å². The molecule has 0 unspecified atom stereocenters. The Hall–Kier alpha value is -2.76. The molecule has 2 heterocycles. The molecule has 2 aromatic rings. The lowest BCUT2D eigenvalue weighted by Gasteiger charge is -2.39. The molecule has 186 valence electrons. The SMILES string of the molecule is COCN1CCN(C(=O)c2nc(-c3ccc(OC(F)F)c(OCC4CC4)c3)oc2CN)C[C@H]1C. The van der Waals surface area contributed by atoms with Crippen molar-refractivity contribution in [3.8, 4) is 23.0 Å². The molecule has 0 bridgehead atoms. The number of methoxy groups -OCH3 is 1. The van der Waals surface area contributed by atoms with Gasteiger partial charge in [0.1, 0.15) is 0 Å². The fourth-order valence-corrected chi connectivity index (χ4v) is 3.91. The number of alkyl halides is 2. The van der Waals surface area contributed by atoms with Crippen LogP contribution in [0.15, 0.2) is 22.6 Å². The van der Waals surface area contributed by atoms with Crippen molar-refractivity contribution in [2.24, 2.45) is 11.7 Å². The number of ether oxygens (including phenoxy) is 3. The van der Waals surface area contributed by atoms with E-state index in [1.807, 2.05) is 6.92 Å². The summed E-state index contributed by atoms with van der Waals surface area (Å²) < 4.78 is 47.0. The predicted molar refractivity (Wildman–Crippen MR) is 119 cm³/mol. The summed E-state index contributed by atoms with van der Waals surface area (Å²) in [6.45, 7) is 1.69. The summed E-state index contributed by atoms with van der Waals surface area (Å²) in [7, 11) is 1.64. The summed E-state index contributed by atoms with van der Waals surface area (Å²) >= 11 is 0. The Kier molecular flexibility index (Phi) is 7.64. The molecule has 1 aliphatic heterocycles. The number of benzene rings is 1. The number of nitrogens with two attached hydrogens (primary N) is 1. The van der Waals surface area contributed by atoms with Crippen molar-refractivity contribution in [3.63, 3.8) is 0 Å². The number of aromatic nitrogens is 1. The second-order valence-corrected chi connectivity index (χ2v) is 8.62. The van der Waals surface area contributed by atoms with Crippen molar-refractivity contribution in [2.75, 3.05) is 40.1 Å². The van der Waals surface area contributed by atoms with E-state index in [1.165, 1.54) is 18.2 Å². The van der Waals surface area contributed by atoms with E-state index >= 15 is 0 Å². The van der Waals surface area contributed by atoms with Gasteiger partial charge in [0.05, 0.1) is 19.9 Å². The van der Waals surface area contributed by atoms with Gasteiger partial charge in [-0.1, -0.05) is 0 Å². The van der Waals surface area contributed by atoms with E-state index in [0.717, 1.165) is 12.8 Å². The average molecular weight is 481 g/mol. The Labute approximate surface area is 196 Å². The topological polar surface area (TPSA) is 103 Å². The molecule has 1 saturated heterocycles. The molecule has 11 heteroatoms. The van der Waals surface area contributed by atoms with E-state index in [1.54, 1.807) is 12.0 Å². The number of hydrogen-bond donors (Lipinski definition) is 1. The minimum absolute atomic E-state index is 0.00905. The fraction of sp³-hybridized carbons (Fsp3) is 0.565. The maximum absolute atomic E-state index is 13.2. The lowest BCUT2D eigenvalue weighted by molar-refractivity contribution is -0.0515. The Morgan fingerprint density at radius 3 is 2.74 bits per heavy atom.